The van der Waals surface area contributed by atoms with Gasteiger partial charge in [0.15, 0.2) is 0 Å². The van der Waals surface area contributed by atoms with E-state index in [1.165, 1.54) is 0 Å². The van der Waals surface area contributed by atoms with Gasteiger partial charge in [-0.15, -0.1) is 0 Å². The molecule has 10 N–H and O–H groups in total. The molecule has 12 heteroatoms. The van der Waals surface area contributed by atoms with Crippen LogP contribution in [0.2, 0.25) is 0 Å². The van der Waals surface area contributed by atoms with Crippen LogP contribution in [-0.4, -0.2) is 65.4 Å². The van der Waals surface area contributed by atoms with Crippen LogP contribution in [0.1, 0.15) is 51.5 Å². The van der Waals surface area contributed by atoms with Crippen LogP contribution in [-0.2, 0) is 30.4 Å². The number of carbonyl (C=O) groups is 5. The molecular weight excluding hydrogens is 480 g/mol. The van der Waals surface area contributed by atoms with Gasteiger partial charge in [0.2, 0.25) is 23.6 Å². The fraction of sp³-hybridized carbons (Fsp3) is 0.560. The lowest BCUT2D eigenvalue weighted by Crippen LogP contribution is -2.58. The Kier molecular flexibility index (Phi) is 13.9. The quantitative estimate of drug-likeness (QED) is 0.128. The van der Waals surface area contributed by atoms with Crippen molar-refractivity contribution in [2.24, 2.45) is 23.1 Å². The van der Waals surface area contributed by atoms with Crippen LogP contribution >= 0.6 is 0 Å². The minimum Gasteiger partial charge on any atom is -0.480 e. The highest BCUT2D eigenvalue weighted by Gasteiger charge is 2.32. The molecule has 0 spiro atoms. The van der Waals surface area contributed by atoms with Gasteiger partial charge in [0.05, 0.1) is 12.5 Å². The number of nitrogens with one attached hydrogen (secondary N) is 3. The highest BCUT2D eigenvalue weighted by molar-refractivity contribution is 5.95. The Morgan fingerprint density at radius 1 is 0.919 bits per heavy atom. The van der Waals surface area contributed by atoms with Crippen molar-refractivity contribution >= 4 is 29.6 Å². The number of hydrogen-bond donors (Lipinski definition) is 7. The second-order valence-electron chi connectivity index (χ2n) is 9.08. The molecule has 0 bridgehead atoms. The monoisotopic (exact) mass is 520 g/mol. The molecule has 0 saturated heterocycles. The Morgan fingerprint density at radius 3 is 2.05 bits per heavy atom. The first kappa shape index (κ1) is 31.5. The fourth-order valence-electron chi connectivity index (χ4n) is 3.62. The first-order chi connectivity index (χ1) is 17.5. The topological polar surface area (TPSA) is 220 Å². The van der Waals surface area contributed by atoms with Crippen molar-refractivity contribution in [3.8, 4) is 0 Å². The summed E-state index contributed by atoms with van der Waals surface area (Å²) < 4.78 is 0. The number of carbonyl (C=O) groups excluding carboxylic acids is 4. The van der Waals surface area contributed by atoms with Crippen molar-refractivity contribution in [1.29, 1.82) is 0 Å². The van der Waals surface area contributed by atoms with Crippen LogP contribution in [0.3, 0.4) is 0 Å². The van der Waals surface area contributed by atoms with Crippen molar-refractivity contribution in [1.82, 2.24) is 16.0 Å². The highest BCUT2D eigenvalue weighted by atomic mass is 16.4. The van der Waals surface area contributed by atoms with Gasteiger partial charge in [-0.2, -0.15) is 0 Å². The molecule has 1 rings (SSSR count). The summed E-state index contributed by atoms with van der Waals surface area (Å²) >= 11 is 0. The number of aliphatic carboxylic acids is 1. The Morgan fingerprint density at radius 2 is 1.51 bits per heavy atom. The zero-order valence-corrected chi connectivity index (χ0v) is 21.4. The maximum Gasteiger partial charge on any atom is 0.326 e. The maximum absolute atomic E-state index is 13.3. The third kappa shape index (κ3) is 11.4. The zero-order chi connectivity index (χ0) is 28.0. The fourth-order valence-corrected chi connectivity index (χ4v) is 3.62. The van der Waals surface area contributed by atoms with E-state index in [-0.39, 0.29) is 18.8 Å². The van der Waals surface area contributed by atoms with E-state index in [9.17, 15) is 29.1 Å². The summed E-state index contributed by atoms with van der Waals surface area (Å²) in [6.45, 7) is 3.91. The molecule has 0 aliphatic rings. The molecule has 37 heavy (non-hydrogen) atoms. The molecule has 4 amide bonds. The molecule has 12 nitrogen and oxygen atoms in total. The lowest BCUT2D eigenvalue weighted by atomic mass is 9.98. The standard InChI is InChI=1S/C25H40N6O6/c1-3-15(2)21(25(36)37)31-23(34)18(11-7-8-12-26)29-24(35)19(13-16-9-5-4-6-10-16)30-22(33)17(27)14-20(28)32/h4-6,9-10,15,17-19,21H,3,7-8,11-14,26-27H2,1-2H3,(H2,28,32)(H,29,35)(H,30,33)(H,31,34)(H,36,37). The highest BCUT2D eigenvalue weighted by Crippen LogP contribution is 2.11. The number of primary amides is 1. The van der Waals surface area contributed by atoms with Crippen molar-refractivity contribution in [2.75, 3.05) is 6.54 Å². The molecule has 0 saturated carbocycles. The van der Waals surface area contributed by atoms with Gasteiger partial charge in [0.25, 0.3) is 0 Å². The number of unbranched alkanes of at least 4 members (excludes halogenated alkanes) is 1. The SMILES string of the molecule is CCC(C)C(NC(=O)C(CCCCN)NC(=O)C(Cc1ccccc1)NC(=O)C(N)CC(N)=O)C(=O)O. The molecule has 0 radical (unpaired) electrons. The first-order valence-corrected chi connectivity index (χ1v) is 12.4. The molecule has 1 aromatic carbocycles. The number of benzene rings is 1. The molecule has 0 aromatic heterocycles. The van der Waals surface area contributed by atoms with E-state index in [0.717, 1.165) is 5.56 Å². The molecule has 0 heterocycles. The number of hydrogen-bond acceptors (Lipinski definition) is 7. The summed E-state index contributed by atoms with van der Waals surface area (Å²) in [5.74, 6) is -4.33. The summed E-state index contributed by atoms with van der Waals surface area (Å²) in [6, 6.07) is 4.33. The van der Waals surface area contributed by atoms with Crippen LogP contribution in [0.4, 0.5) is 0 Å². The Hall–Kier alpha value is -3.51. The van der Waals surface area contributed by atoms with E-state index in [2.05, 4.69) is 16.0 Å². The number of rotatable bonds is 17. The van der Waals surface area contributed by atoms with Crippen LogP contribution in [0.5, 0.6) is 0 Å². The predicted molar refractivity (Wildman–Crippen MR) is 138 cm³/mol. The van der Waals surface area contributed by atoms with Gasteiger partial charge in [-0.3, -0.25) is 19.2 Å². The van der Waals surface area contributed by atoms with E-state index in [0.29, 0.717) is 25.8 Å². The third-order valence-electron chi connectivity index (χ3n) is 6.03. The van der Waals surface area contributed by atoms with Gasteiger partial charge in [0, 0.05) is 6.42 Å². The molecule has 0 aliphatic carbocycles. The molecular formula is C25H40N6O6. The maximum atomic E-state index is 13.3. The van der Waals surface area contributed by atoms with E-state index in [1.807, 2.05) is 6.92 Å². The summed E-state index contributed by atoms with van der Waals surface area (Å²) in [4.78, 5) is 61.8. The van der Waals surface area contributed by atoms with E-state index >= 15 is 0 Å². The van der Waals surface area contributed by atoms with Gasteiger partial charge in [-0.25, -0.2) is 4.79 Å². The van der Waals surface area contributed by atoms with Gasteiger partial charge in [-0.05, 0) is 37.3 Å². The molecule has 206 valence electrons. The van der Waals surface area contributed by atoms with Gasteiger partial charge >= 0.3 is 5.97 Å². The van der Waals surface area contributed by atoms with Crippen LogP contribution < -0.4 is 33.2 Å². The number of carboxylic acids is 1. The summed E-state index contributed by atoms with van der Waals surface area (Å²) in [7, 11) is 0. The minimum absolute atomic E-state index is 0.0868. The lowest BCUT2D eigenvalue weighted by molar-refractivity contribution is -0.144. The predicted octanol–water partition coefficient (Wildman–Crippen LogP) is -0.854. The minimum atomic E-state index is -1.25. The average Bonchev–Trinajstić information content (AvgIpc) is 2.85. The first-order valence-electron chi connectivity index (χ1n) is 12.4. The van der Waals surface area contributed by atoms with E-state index < -0.39 is 60.2 Å². The molecule has 1 aromatic rings. The summed E-state index contributed by atoms with van der Waals surface area (Å²) in [5, 5.41) is 17.3. The normalized spacial score (nSPS) is 14.9. The third-order valence-corrected chi connectivity index (χ3v) is 6.03. The molecule has 0 aliphatic heterocycles. The van der Waals surface area contributed by atoms with E-state index in [1.54, 1.807) is 37.3 Å². The van der Waals surface area contributed by atoms with Gasteiger partial charge in [-0.1, -0.05) is 50.6 Å². The largest absolute Gasteiger partial charge is 0.480 e. The van der Waals surface area contributed by atoms with Crippen molar-refractivity contribution in [3.05, 3.63) is 35.9 Å². The van der Waals surface area contributed by atoms with Crippen LogP contribution in [0.15, 0.2) is 30.3 Å². The van der Waals surface area contributed by atoms with E-state index in [4.69, 9.17) is 17.2 Å². The smallest absolute Gasteiger partial charge is 0.326 e. The number of amides is 4. The second-order valence-corrected chi connectivity index (χ2v) is 9.08. The van der Waals surface area contributed by atoms with Gasteiger partial charge in [0.1, 0.15) is 18.1 Å². The van der Waals surface area contributed by atoms with Crippen LogP contribution in [0.25, 0.3) is 0 Å². The lowest BCUT2D eigenvalue weighted by Gasteiger charge is -2.26. The average molecular weight is 521 g/mol. The van der Waals surface area contributed by atoms with Crippen molar-refractivity contribution < 1.29 is 29.1 Å². The summed E-state index contributed by atoms with van der Waals surface area (Å²) in [6.07, 6.45) is 1.53. The number of nitrogens with two attached hydrogens (primary N) is 3. The van der Waals surface area contributed by atoms with Gasteiger partial charge < -0.3 is 38.3 Å². The van der Waals surface area contributed by atoms with Crippen molar-refractivity contribution in [2.45, 2.75) is 76.5 Å². The molecule has 0 fully saturated rings. The Balaban J connectivity index is 3.13. The van der Waals surface area contributed by atoms with Crippen molar-refractivity contribution in [3.63, 3.8) is 0 Å². The van der Waals surface area contributed by atoms with Crippen LogP contribution in [0, 0.1) is 5.92 Å². The second kappa shape index (κ2) is 16.3. The molecule has 5 atom stereocenters. The molecule has 5 unspecified atom stereocenters. The zero-order valence-electron chi connectivity index (χ0n) is 21.4. The number of carboxylic acid groups (broad SMARTS) is 1. The Labute approximate surface area is 217 Å². The Bertz CT molecular complexity index is 912. The summed E-state index contributed by atoms with van der Waals surface area (Å²) in [5.41, 5.74) is 17.2.